The first-order valence-electron chi connectivity index (χ1n) is 10.3. The molecule has 4 fully saturated rings. The lowest BCUT2D eigenvalue weighted by Crippen LogP contribution is -2.59. The van der Waals surface area contributed by atoms with E-state index in [0.717, 1.165) is 32.1 Å². The average molecular weight is 337 g/mol. The van der Waals surface area contributed by atoms with Gasteiger partial charge in [-0.2, -0.15) is 0 Å². The van der Waals surface area contributed by atoms with E-state index < -0.39 is 0 Å². The molecule has 0 saturated heterocycles. The maximum absolute atomic E-state index is 11.2. The molecule has 4 aliphatic carbocycles. The van der Waals surface area contributed by atoms with Gasteiger partial charge in [0.15, 0.2) is 0 Å². The van der Waals surface area contributed by atoms with Crippen LogP contribution in [0.4, 0.5) is 0 Å². The predicted octanol–water partition coefficient (Wildman–Crippen LogP) is 3.36. The van der Waals surface area contributed by atoms with Crippen LogP contribution >= 0.6 is 0 Å². The second-order valence-electron chi connectivity index (χ2n) is 10.2. The number of hydrogen-bond donors (Lipinski definition) is 3. The molecule has 0 radical (unpaired) electrons. The van der Waals surface area contributed by atoms with Gasteiger partial charge in [0, 0.05) is 0 Å². The quantitative estimate of drug-likeness (QED) is 0.688. The van der Waals surface area contributed by atoms with Crippen LogP contribution in [0.3, 0.4) is 0 Å². The lowest BCUT2D eigenvalue weighted by molar-refractivity contribution is -0.181. The van der Waals surface area contributed by atoms with E-state index in [1.54, 1.807) is 0 Å². The van der Waals surface area contributed by atoms with Gasteiger partial charge in [0.1, 0.15) is 0 Å². The van der Waals surface area contributed by atoms with Crippen molar-refractivity contribution in [3.05, 3.63) is 0 Å². The molecule has 3 N–H and O–H groups in total. The van der Waals surface area contributed by atoms with Crippen LogP contribution in [0.25, 0.3) is 0 Å². The van der Waals surface area contributed by atoms with Crippen molar-refractivity contribution in [1.82, 2.24) is 0 Å². The summed E-state index contributed by atoms with van der Waals surface area (Å²) >= 11 is 0. The van der Waals surface area contributed by atoms with Gasteiger partial charge in [0.05, 0.1) is 18.3 Å². The van der Waals surface area contributed by atoms with Crippen LogP contribution in [0.15, 0.2) is 0 Å². The number of aliphatic hydroxyl groups is 3. The SMILES string of the molecule is C[C@@H](O)[C@@H]1CC[C@@H]2[C@H]3CC[C@H]4C[C@@H](O)CC[C@]4(C)[C@@H]3[C@@H](O)C[C@@]21C. The van der Waals surface area contributed by atoms with Gasteiger partial charge in [-0.15, -0.1) is 0 Å². The zero-order valence-corrected chi connectivity index (χ0v) is 15.6. The molecule has 0 amide bonds. The van der Waals surface area contributed by atoms with Crippen LogP contribution in [-0.2, 0) is 0 Å². The Hall–Kier alpha value is -0.120. The zero-order valence-electron chi connectivity index (χ0n) is 15.6. The Kier molecular flexibility index (Phi) is 4.10. The highest BCUT2D eigenvalue weighted by Gasteiger charge is 2.63. The van der Waals surface area contributed by atoms with Crippen molar-refractivity contribution in [2.24, 2.45) is 40.4 Å². The first kappa shape index (κ1) is 17.3. The second kappa shape index (κ2) is 5.69. The third kappa shape index (κ3) is 2.27. The van der Waals surface area contributed by atoms with Gasteiger partial charge >= 0.3 is 0 Å². The van der Waals surface area contributed by atoms with Gasteiger partial charge in [-0.1, -0.05) is 13.8 Å². The van der Waals surface area contributed by atoms with Crippen LogP contribution in [0, 0.1) is 40.4 Å². The molecule has 0 bridgehead atoms. The molecule has 4 aliphatic rings. The molecular weight excluding hydrogens is 300 g/mol. The normalized spacial score (nSPS) is 58.5. The molecular formula is C21H36O3. The smallest absolute Gasteiger partial charge is 0.0581 e. The molecule has 0 heterocycles. The summed E-state index contributed by atoms with van der Waals surface area (Å²) < 4.78 is 0. The number of aliphatic hydroxyl groups excluding tert-OH is 3. The lowest BCUT2D eigenvalue weighted by Gasteiger charge is -2.62. The van der Waals surface area contributed by atoms with E-state index >= 15 is 0 Å². The highest BCUT2D eigenvalue weighted by atomic mass is 16.3. The minimum absolute atomic E-state index is 0.103. The Balaban J connectivity index is 1.66. The second-order valence-corrected chi connectivity index (χ2v) is 10.2. The third-order valence-corrected chi connectivity index (χ3v) is 9.22. The summed E-state index contributed by atoms with van der Waals surface area (Å²) in [5.74, 6) is 2.59. The molecule has 10 atom stereocenters. The fourth-order valence-electron chi connectivity index (χ4n) is 8.19. The molecule has 138 valence electrons. The summed E-state index contributed by atoms with van der Waals surface area (Å²) in [5, 5.41) is 31.7. The van der Waals surface area contributed by atoms with Crippen LogP contribution in [-0.4, -0.2) is 33.6 Å². The molecule has 3 nitrogen and oxygen atoms in total. The van der Waals surface area contributed by atoms with E-state index in [1.165, 1.54) is 19.3 Å². The topological polar surface area (TPSA) is 60.7 Å². The summed E-state index contributed by atoms with van der Waals surface area (Å²) in [6.45, 7) is 6.70. The van der Waals surface area contributed by atoms with E-state index in [-0.39, 0.29) is 29.1 Å². The molecule has 0 unspecified atom stereocenters. The standard InChI is InChI=1S/C21H36O3/c1-12(22)16-6-7-17-15-5-4-13-10-14(23)8-9-20(13,2)19(15)18(24)11-21(16,17)3/h12-19,22-24H,4-11H2,1-3H3/t12-,13+,14+,15-,16+,17-,18+,19+,20+,21-/m1/s1. The molecule has 4 rings (SSSR count). The number of hydrogen-bond acceptors (Lipinski definition) is 3. The minimum Gasteiger partial charge on any atom is -0.393 e. The Morgan fingerprint density at radius 1 is 0.958 bits per heavy atom. The molecule has 0 spiro atoms. The van der Waals surface area contributed by atoms with Gasteiger partial charge < -0.3 is 15.3 Å². The Bertz CT molecular complexity index is 491. The maximum Gasteiger partial charge on any atom is 0.0581 e. The van der Waals surface area contributed by atoms with Crippen molar-refractivity contribution in [2.75, 3.05) is 0 Å². The lowest BCUT2D eigenvalue weighted by atomic mass is 9.44. The van der Waals surface area contributed by atoms with Crippen molar-refractivity contribution >= 4 is 0 Å². The molecule has 24 heavy (non-hydrogen) atoms. The molecule has 0 aliphatic heterocycles. The van der Waals surface area contributed by atoms with E-state index in [2.05, 4.69) is 13.8 Å². The van der Waals surface area contributed by atoms with Crippen LogP contribution in [0.2, 0.25) is 0 Å². The highest BCUT2D eigenvalue weighted by molar-refractivity contribution is 5.12. The fraction of sp³-hybridized carbons (Fsp3) is 1.00. The third-order valence-electron chi connectivity index (χ3n) is 9.22. The van der Waals surface area contributed by atoms with Gasteiger partial charge in [0.2, 0.25) is 0 Å². The molecule has 0 aromatic carbocycles. The van der Waals surface area contributed by atoms with Crippen molar-refractivity contribution in [2.45, 2.75) is 90.4 Å². The van der Waals surface area contributed by atoms with E-state index in [0.29, 0.717) is 29.6 Å². The first-order chi connectivity index (χ1) is 11.3. The Morgan fingerprint density at radius 3 is 2.42 bits per heavy atom. The van der Waals surface area contributed by atoms with Gasteiger partial charge in [0.25, 0.3) is 0 Å². The van der Waals surface area contributed by atoms with E-state index in [9.17, 15) is 15.3 Å². The Morgan fingerprint density at radius 2 is 1.71 bits per heavy atom. The monoisotopic (exact) mass is 336 g/mol. The minimum atomic E-state index is -0.263. The van der Waals surface area contributed by atoms with Crippen molar-refractivity contribution in [3.8, 4) is 0 Å². The van der Waals surface area contributed by atoms with E-state index in [4.69, 9.17) is 0 Å². The Labute approximate surface area is 146 Å². The summed E-state index contributed by atoms with van der Waals surface area (Å²) in [4.78, 5) is 0. The first-order valence-corrected chi connectivity index (χ1v) is 10.3. The summed E-state index contributed by atoms with van der Waals surface area (Å²) in [5.41, 5.74) is 0.304. The summed E-state index contributed by atoms with van der Waals surface area (Å²) in [7, 11) is 0. The molecule has 4 saturated carbocycles. The summed E-state index contributed by atoms with van der Waals surface area (Å²) in [6.07, 6.45) is 7.91. The zero-order chi connectivity index (χ0) is 17.3. The van der Waals surface area contributed by atoms with Gasteiger partial charge in [-0.25, -0.2) is 0 Å². The van der Waals surface area contributed by atoms with Crippen LogP contribution < -0.4 is 0 Å². The maximum atomic E-state index is 11.2. The van der Waals surface area contributed by atoms with Gasteiger partial charge in [-0.3, -0.25) is 0 Å². The largest absolute Gasteiger partial charge is 0.393 e. The summed E-state index contributed by atoms with van der Waals surface area (Å²) in [6, 6.07) is 0. The predicted molar refractivity (Wildman–Crippen MR) is 94.3 cm³/mol. The number of fused-ring (bicyclic) bond motifs is 5. The molecule has 0 aromatic heterocycles. The van der Waals surface area contributed by atoms with Gasteiger partial charge in [-0.05, 0) is 98.7 Å². The fourth-order valence-corrected chi connectivity index (χ4v) is 8.19. The highest BCUT2D eigenvalue weighted by Crippen LogP contribution is 2.67. The number of rotatable bonds is 1. The van der Waals surface area contributed by atoms with Crippen LogP contribution in [0.5, 0.6) is 0 Å². The average Bonchev–Trinajstić information content (AvgIpc) is 2.84. The van der Waals surface area contributed by atoms with E-state index in [1.807, 2.05) is 6.92 Å². The van der Waals surface area contributed by atoms with Crippen molar-refractivity contribution < 1.29 is 15.3 Å². The molecule has 3 heteroatoms. The molecule has 0 aromatic rings. The van der Waals surface area contributed by atoms with Crippen molar-refractivity contribution in [1.29, 1.82) is 0 Å². The van der Waals surface area contributed by atoms with Crippen molar-refractivity contribution in [3.63, 3.8) is 0 Å². The van der Waals surface area contributed by atoms with Crippen LogP contribution in [0.1, 0.15) is 72.1 Å².